The molecule has 0 bridgehead atoms. The Morgan fingerprint density at radius 1 is 1.26 bits per heavy atom. The number of hydrogen-bond donors (Lipinski definition) is 2. The minimum atomic E-state index is 0.116. The predicted molar refractivity (Wildman–Crippen MR) is 106 cm³/mol. The van der Waals surface area contributed by atoms with Crippen molar-refractivity contribution >= 4 is 11.6 Å². The number of phenols is 1. The lowest BCUT2D eigenvalue weighted by Gasteiger charge is -2.26. The Morgan fingerprint density at radius 2 is 2.15 bits per heavy atom. The van der Waals surface area contributed by atoms with Crippen LogP contribution in [-0.4, -0.2) is 37.4 Å². The molecule has 2 aromatic heterocycles. The predicted octanol–water partition coefficient (Wildman–Crippen LogP) is 3.90. The quantitative estimate of drug-likeness (QED) is 0.605. The van der Waals surface area contributed by atoms with Gasteiger partial charge in [0.1, 0.15) is 17.8 Å². The van der Waals surface area contributed by atoms with Gasteiger partial charge in [0, 0.05) is 41.1 Å². The average Bonchev–Trinajstić information content (AvgIpc) is 3.04. The van der Waals surface area contributed by atoms with Crippen molar-refractivity contribution < 1.29 is 5.11 Å². The van der Waals surface area contributed by atoms with Gasteiger partial charge < -0.3 is 10.4 Å². The van der Waals surface area contributed by atoms with E-state index < -0.39 is 0 Å². The molecule has 1 saturated carbocycles. The van der Waals surface area contributed by atoms with Gasteiger partial charge in [-0.2, -0.15) is 5.10 Å². The van der Waals surface area contributed by atoms with E-state index >= 15 is 0 Å². The van der Waals surface area contributed by atoms with E-state index in [1.54, 1.807) is 18.3 Å². The molecule has 1 aromatic carbocycles. The van der Waals surface area contributed by atoms with Crippen LogP contribution in [0.25, 0.3) is 22.5 Å². The number of aromatic hydroxyl groups is 1. The van der Waals surface area contributed by atoms with Gasteiger partial charge in [-0.05, 0) is 50.1 Å². The van der Waals surface area contributed by atoms with Crippen molar-refractivity contribution in [2.24, 2.45) is 0 Å². The summed E-state index contributed by atoms with van der Waals surface area (Å²) in [6.07, 6.45) is 10.2. The Balaban J connectivity index is 1.58. The van der Waals surface area contributed by atoms with Crippen molar-refractivity contribution in [3.63, 3.8) is 0 Å². The Hall–Kier alpha value is -2.44. The van der Waals surface area contributed by atoms with Crippen LogP contribution >= 0.6 is 11.6 Å². The molecule has 0 amide bonds. The van der Waals surface area contributed by atoms with E-state index in [9.17, 15) is 5.11 Å². The zero-order valence-electron chi connectivity index (χ0n) is 15.0. The average molecular weight is 384 g/mol. The van der Waals surface area contributed by atoms with Gasteiger partial charge in [-0.3, -0.25) is 4.68 Å². The molecule has 0 unspecified atom stereocenters. The first-order chi connectivity index (χ1) is 13.2. The van der Waals surface area contributed by atoms with E-state index in [2.05, 4.69) is 15.3 Å². The highest BCUT2D eigenvalue weighted by Gasteiger charge is 2.17. The summed E-state index contributed by atoms with van der Waals surface area (Å²) >= 11 is 6.13. The van der Waals surface area contributed by atoms with Gasteiger partial charge in [0.15, 0.2) is 0 Å². The summed E-state index contributed by atoms with van der Waals surface area (Å²) in [7, 11) is 0. The fraction of sp³-hybridized carbons (Fsp3) is 0.350. The number of halogens is 1. The van der Waals surface area contributed by atoms with Crippen LogP contribution in [0.15, 0.2) is 43.0 Å². The summed E-state index contributed by atoms with van der Waals surface area (Å²) in [5.41, 5.74) is 3.20. The lowest BCUT2D eigenvalue weighted by Crippen LogP contribution is -2.35. The van der Waals surface area contributed by atoms with Gasteiger partial charge in [0.25, 0.3) is 0 Å². The third kappa shape index (κ3) is 4.28. The summed E-state index contributed by atoms with van der Waals surface area (Å²) in [5.74, 6) is 0.116. The second-order valence-corrected chi connectivity index (χ2v) is 7.32. The summed E-state index contributed by atoms with van der Waals surface area (Å²) < 4.78 is 1.94. The first kappa shape index (κ1) is 17.9. The fourth-order valence-electron chi connectivity index (χ4n) is 3.26. The van der Waals surface area contributed by atoms with Crippen LogP contribution in [0.5, 0.6) is 5.75 Å². The maximum absolute atomic E-state index is 9.92. The van der Waals surface area contributed by atoms with Crippen LogP contribution in [0.3, 0.4) is 0 Å². The Labute approximate surface area is 163 Å². The van der Waals surface area contributed by atoms with Crippen molar-refractivity contribution in [3.8, 4) is 28.3 Å². The number of aryl methyl sites for hydroxylation is 1. The number of rotatable bonds is 7. The first-order valence-corrected chi connectivity index (χ1v) is 9.64. The van der Waals surface area contributed by atoms with Crippen molar-refractivity contribution in [1.29, 1.82) is 0 Å². The fourth-order valence-corrected chi connectivity index (χ4v) is 3.49. The highest BCUT2D eigenvalue weighted by Crippen LogP contribution is 2.33. The number of nitrogens with zero attached hydrogens (tertiary/aromatic N) is 4. The van der Waals surface area contributed by atoms with Crippen LogP contribution in [0, 0.1) is 0 Å². The molecule has 0 aliphatic heterocycles. The van der Waals surface area contributed by atoms with Gasteiger partial charge in [-0.1, -0.05) is 18.0 Å². The number of benzene rings is 1. The molecule has 6 nitrogen and oxygen atoms in total. The number of hydrogen-bond acceptors (Lipinski definition) is 5. The van der Waals surface area contributed by atoms with Gasteiger partial charge >= 0.3 is 0 Å². The second-order valence-electron chi connectivity index (χ2n) is 6.88. The molecule has 140 valence electrons. The second kappa shape index (κ2) is 8.06. The topological polar surface area (TPSA) is 75.9 Å². The van der Waals surface area contributed by atoms with Crippen molar-refractivity contribution in [2.45, 2.75) is 38.3 Å². The van der Waals surface area contributed by atoms with Gasteiger partial charge in [-0.15, -0.1) is 0 Å². The zero-order valence-corrected chi connectivity index (χ0v) is 15.7. The molecule has 0 spiro atoms. The molecule has 0 atom stereocenters. The monoisotopic (exact) mass is 383 g/mol. The van der Waals surface area contributed by atoms with Crippen LogP contribution < -0.4 is 5.32 Å². The van der Waals surface area contributed by atoms with Gasteiger partial charge in [0.05, 0.1) is 5.69 Å². The summed E-state index contributed by atoms with van der Waals surface area (Å²) in [5, 5.41) is 18.7. The molecule has 7 heteroatoms. The standard InChI is InChI=1S/C20H22ClN5O/c21-15-9-14(10-17(27)11-15)20-18(19-5-7-22-13-24-19)12-26(25-20)8-2-6-23-16-3-1-4-16/h5,7,9-13,16,23,27H,1-4,6,8H2. The van der Waals surface area contributed by atoms with Crippen LogP contribution in [0.2, 0.25) is 5.02 Å². The molecule has 0 saturated heterocycles. The first-order valence-electron chi connectivity index (χ1n) is 9.26. The molecule has 2 heterocycles. The van der Waals surface area contributed by atoms with Gasteiger partial charge in [0.2, 0.25) is 0 Å². The maximum atomic E-state index is 9.92. The Bertz CT molecular complexity index is 888. The molecule has 4 rings (SSSR count). The normalized spacial score (nSPS) is 14.3. The van der Waals surface area contributed by atoms with Crippen molar-refractivity contribution in [3.05, 3.63) is 48.0 Å². The lowest BCUT2D eigenvalue weighted by molar-refractivity contribution is 0.335. The van der Waals surface area contributed by atoms with E-state index in [1.807, 2.05) is 16.9 Å². The van der Waals surface area contributed by atoms with E-state index in [-0.39, 0.29) is 5.75 Å². The number of nitrogens with one attached hydrogen (secondary N) is 1. The molecular weight excluding hydrogens is 362 g/mol. The smallest absolute Gasteiger partial charge is 0.117 e. The Kier molecular flexibility index (Phi) is 5.36. The minimum absolute atomic E-state index is 0.116. The molecule has 1 fully saturated rings. The molecule has 27 heavy (non-hydrogen) atoms. The molecule has 0 radical (unpaired) electrons. The van der Waals surface area contributed by atoms with E-state index in [0.717, 1.165) is 42.0 Å². The number of phenolic OH excluding ortho intramolecular Hbond substituents is 1. The number of aromatic nitrogens is 4. The van der Waals surface area contributed by atoms with Crippen LogP contribution in [0.4, 0.5) is 0 Å². The zero-order chi connectivity index (χ0) is 18.6. The van der Waals surface area contributed by atoms with Crippen LogP contribution in [-0.2, 0) is 6.54 Å². The van der Waals surface area contributed by atoms with Crippen molar-refractivity contribution in [2.75, 3.05) is 6.54 Å². The molecular formula is C20H22ClN5O. The summed E-state index contributed by atoms with van der Waals surface area (Å²) in [6, 6.07) is 7.54. The van der Waals surface area contributed by atoms with Crippen LogP contribution in [0.1, 0.15) is 25.7 Å². The molecule has 1 aliphatic carbocycles. The third-order valence-corrected chi connectivity index (χ3v) is 5.10. The van der Waals surface area contributed by atoms with E-state index in [1.165, 1.54) is 31.7 Å². The van der Waals surface area contributed by atoms with E-state index in [4.69, 9.17) is 16.7 Å². The van der Waals surface area contributed by atoms with Crippen molar-refractivity contribution in [1.82, 2.24) is 25.1 Å². The largest absolute Gasteiger partial charge is 0.508 e. The lowest BCUT2D eigenvalue weighted by atomic mass is 9.93. The Morgan fingerprint density at radius 3 is 2.85 bits per heavy atom. The van der Waals surface area contributed by atoms with E-state index in [0.29, 0.717) is 11.1 Å². The highest BCUT2D eigenvalue weighted by atomic mass is 35.5. The van der Waals surface area contributed by atoms with Gasteiger partial charge in [-0.25, -0.2) is 9.97 Å². The third-order valence-electron chi connectivity index (χ3n) is 4.88. The molecule has 2 N–H and O–H groups in total. The summed E-state index contributed by atoms with van der Waals surface area (Å²) in [4.78, 5) is 8.35. The maximum Gasteiger partial charge on any atom is 0.117 e. The molecule has 3 aromatic rings. The summed E-state index contributed by atoms with van der Waals surface area (Å²) in [6.45, 7) is 1.80. The highest BCUT2D eigenvalue weighted by molar-refractivity contribution is 6.31. The molecule has 1 aliphatic rings. The SMILES string of the molecule is Oc1cc(Cl)cc(-c2nn(CCCNC3CCC3)cc2-c2ccncn2)c1. The minimum Gasteiger partial charge on any atom is -0.508 e.